The molecule has 0 bridgehead atoms. The fourth-order valence-corrected chi connectivity index (χ4v) is 3.44. The third kappa shape index (κ3) is 3.38. The summed E-state index contributed by atoms with van der Waals surface area (Å²) in [6, 6.07) is 5.45. The van der Waals surface area contributed by atoms with Gasteiger partial charge in [-0.2, -0.15) is 0 Å². The molecular formula is C18H24N2O4. The summed E-state index contributed by atoms with van der Waals surface area (Å²) in [5, 5.41) is 6.80. The molecule has 1 aromatic carbocycles. The summed E-state index contributed by atoms with van der Waals surface area (Å²) in [6.45, 7) is 5.10. The second-order valence-electron chi connectivity index (χ2n) is 6.49. The molecule has 6 nitrogen and oxygen atoms in total. The summed E-state index contributed by atoms with van der Waals surface area (Å²) in [5.41, 5.74) is 2.68. The number of carbonyl (C=O) groups is 2. The molecule has 2 heterocycles. The van der Waals surface area contributed by atoms with E-state index < -0.39 is 12.1 Å². The Morgan fingerprint density at radius 3 is 2.79 bits per heavy atom. The highest BCUT2D eigenvalue weighted by molar-refractivity contribution is 5.96. The van der Waals surface area contributed by atoms with Crippen LogP contribution in [0.3, 0.4) is 0 Å². The van der Waals surface area contributed by atoms with E-state index in [0.717, 1.165) is 56.6 Å². The summed E-state index contributed by atoms with van der Waals surface area (Å²) >= 11 is 0. The Balaban J connectivity index is 1.70. The maximum atomic E-state index is 12.2. The Hall–Kier alpha value is -2.08. The molecule has 1 fully saturated rings. The molecule has 2 N–H and O–H groups in total. The van der Waals surface area contributed by atoms with Crippen LogP contribution in [-0.4, -0.2) is 38.4 Å². The minimum atomic E-state index is -0.927. The second kappa shape index (κ2) is 7.21. The van der Waals surface area contributed by atoms with E-state index in [1.165, 1.54) is 0 Å². The first kappa shape index (κ1) is 16.8. The molecule has 0 aromatic heterocycles. The molecule has 1 aromatic rings. The van der Waals surface area contributed by atoms with Crippen LogP contribution in [0, 0.1) is 0 Å². The normalized spacial score (nSPS) is 17.9. The van der Waals surface area contributed by atoms with E-state index in [9.17, 15) is 9.59 Å². The SMILES string of the molecule is CCCCOC(=O)OC(=O)c1ccc2c(c1)C1(CCNCC1)CN2. The van der Waals surface area contributed by atoms with Crippen LogP contribution in [0.4, 0.5) is 10.5 Å². The summed E-state index contributed by atoms with van der Waals surface area (Å²) in [7, 11) is 0. The summed E-state index contributed by atoms with van der Waals surface area (Å²) < 4.78 is 9.66. The second-order valence-corrected chi connectivity index (χ2v) is 6.49. The van der Waals surface area contributed by atoms with Crippen LogP contribution in [0.15, 0.2) is 18.2 Å². The van der Waals surface area contributed by atoms with Crippen molar-refractivity contribution < 1.29 is 19.1 Å². The predicted molar refractivity (Wildman–Crippen MR) is 90.4 cm³/mol. The van der Waals surface area contributed by atoms with E-state index in [4.69, 9.17) is 9.47 Å². The molecule has 0 aliphatic carbocycles. The minimum absolute atomic E-state index is 0.0680. The lowest BCUT2D eigenvalue weighted by Gasteiger charge is -2.34. The fourth-order valence-electron chi connectivity index (χ4n) is 3.44. The van der Waals surface area contributed by atoms with E-state index in [0.29, 0.717) is 5.56 Å². The zero-order valence-corrected chi connectivity index (χ0v) is 14.0. The molecule has 24 heavy (non-hydrogen) atoms. The van der Waals surface area contributed by atoms with Gasteiger partial charge in [0.25, 0.3) is 0 Å². The monoisotopic (exact) mass is 332 g/mol. The minimum Gasteiger partial charge on any atom is -0.434 e. The van der Waals surface area contributed by atoms with Gasteiger partial charge in [0.15, 0.2) is 0 Å². The number of ether oxygens (including phenoxy) is 2. The van der Waals surface area contributed by atoms with Crippen molar-refractivity contribution in [3.63, 3.8) is 0 Å². The van der Waals surface area contributed by atoms with Gasteiger partial charge in [-0.3, -0.25) is 0 Å². The summed E-state index contributed by atoms with van der Waals surface area (Å²) in [5.74, 6) is -0.657. The molecule has 0 amide bonds. The fraction of sp³-hybridized carbons (Fsp3) is 0.556. The maximum Gasteiger partial charge on any atom is 0.516 e. The van der Waals surface area contributed by atoms with Crippen molar-refractivity contribution in [2.75, 3.05) is 31.6 Å². The number of carbonyl (C=O) groups excluding carboxylic acids is 2. The zero-order chi connectivity index (χ0) is 17.0. The van der Waals surface area contributed by atoms with E-state index in [2.05, 4.69) is 10.6 Å². The Morgan fingerprint density at radius 2 is 2.04 bits per heavy atom. The molecule has 0 radical (unpaired) electrons. The smallest absolute Gasteiger partial charge is 0.434 e. The first-order chi connectivity index (χ1) is 11.6. The molecule has 0 atom stereocenters. The Kier molecular flexibility index (Phi) is 5.04. The van der Waals surface area contributed by atoms with Crippen molar-refractivity contribution in [2.45, 2.75) is 38.0 Å². The van der Waals surface area contributed by atoms with Crippen molar-refractivity contribution in [1.82, 2.24) is 5.32 Å². The largest absolute Gasteiger partial charge is 0.516 e. The number of esters is 1. The van der Waals surface area contributed by atoms with Crippen LogP contribution in [0.25, 0.3) is 0 Å². The number of fused-ring (bicyclic) bond motifs is 2. The molecular weight excluding hydrogens is 308 g/mol. The Labute approximate surface area is 141 Å². The number of hydrogen-bond acceptors (Lipinski definition) is 6. The molecule has 2 aliphatic rings. The maximum absolute atomic E-state index is 12.2. The van der Waals surface area contributed by atoms with Gasteiger partial charge in [0.1, 0.15) is 0 Å². The topological polar surface area (TPSA) is 76.7 Å². The molecule has 2 aliphatic heterocycles. The Bertz CT molecular complexity index is 618. The third-order valence-electron chi connectivity index (χ3n) is 4.90. The van der Waals surface area contributed by atoms with Gasteiger partial charge in [-0.1, -0.05) is 13.3 Å². The molecule has 0 unspecified atom stereocenters. The summed E-state index contributed by atoms with van der Waals surface area (Å²) in [6.07, 6.45) is 2.80. The van der Waals surface area contributed by atoms with Gasteiger partial charge in [0, 0.05) is 17.6 Å². The lowest BCUT2D eigenvalue weighted by molar-refractivity contribution is 0.0382. The zero-order valence-electron chi connectivity index (χ0n) is 14.0. The van der Waals surface area contributed by atoms with Gasteiger partial charge in [0.2, 0.25) is 0 Å². The van der Waals surface area contributed by atoms with Gasteiger partial charge in [-0.15, -0.1) is 0 Å². The average Bonchev–Trinajstić information content (AvgIpc) is 2.93. The highest BCUT2D eigenvalue weighted by atomic mass is 16.7. The molecule has 6 heteroatoms. The van der Waals surface area contributed by atoms with Crippen molar-refractivity contribution in [2.24, 2.45) is 0 Å². The number of rotatable bonds is 4. The van der Waals surface area contributed by atoms with Crippen LogP contribution in [0.1, 0.15) is 48.5 Å². The predicted octanol–water partition coefficient (Wildman–Crippen LogP) is 2.83. The van der Waals surface area contributed by atoms with Gasteiger partial charge in [-0.25, -0.2) is 9.59 Å². The standard InChI is InChI=1S/C18H24N2O4/c1-2-3-10-23-17(22)24-16(21)13-4-5-15-14(11-13)18(12-20-15)6-8-19-9-7-18/h4-5,11,19-20H,2-3,6-10,12H2,1H3. The molecule has 1 saturated heterocycles. The average molecular weight is 332 g/mol. The number of piperidine rings is 1. The van der Waals surface area contributed by atoms with Crippen molar-refractivity contribution >= 4 is 17.8 Å². The first-order valence-electron chi connectivity index (χ1n) is 8.63. The molecule has 3 rings (SSSR count). The van der Waals surface area contributed by atoms with Crippen molar-refractivity contribution in [3.05, 3.63) is 29.3 Å². The van der Waals surface area contributed by atoms with Crippen LogP contribution in [0.2, 0.25) is 0 Å². The van der Waals surface area contributed by atoms with E-state index in [1.54, 1.807) is 6.07 Å². The highest BCUT2D eigenvalue weighted by Gasteiger charge is 2.40. The van der Waals surface area contributed by atoms with Crippen LogP contribution < -0.4 is 10.6 Å². The molecule has 0 saturated carbocycles. The summed E-state index contributed by atoms with van der Waals surface area (Å²) in [4.78, 5) is 23.7. The number of hydrogen-bond donors (Lipinski definition) is 2. The van der Waals surface area contributed by atoms with Gasteiger partial charge in [0.05, 0.1) is 12.2 Å². The van der Waals surface area contributed by atoms with E-state index in [-0.39, 0.29) is 12.0 Å². The highest BCUT2D eigenvalue weighted by Crippen LogP contribution is 2.43. The number of unbranched alkanes of at least 4 members (excludes halogenated alkanes) is 1. The van der Waals surface area contributed by atoms with Crippen molar-refractivity contribution in [1.29, 1.82) is 0 Å². The number of benzene rings is 1. The number of nitrogens with one attached hydrogen (secondary N) is 2. The molecule has 1 spiro atoms. The number of anilines is 1. The van der Waals surface area contributed by atoms with Gasteiger partial charge < -0.3 is 20.1 Å². The Morgan fingerprint density at radius 1 is 1.25 bits per heavy atom. The van der Waals surface area contributed by atoms with E-state index >= 15 is 0 Å². The van der Waals surface area contributed by atoms with Crippen LogP contribution >= 0.6 is 0 Å². The van der Waals surface area contributed by atoms with Crippen LogP contribution in [0.5, 0.6) is 0 Å². The van der Waals surface area contributed by atoms with Crippen LogP contribution in [-0.2, 0) is 14.9 Å². The van der Waals surface area contributed by atoms with Gasteiger partial charge >= 0.3 is 12.1 Å². The molecule has 130 valence electrons. The lowest BCUT2D eigenvalue weighted by Crippen LogP contribution is -2.41. The first-order valence-corrected chi connectivity index (χ1v) is 8.63. The van der Waals surface area contributed by atoms with Crippen molar-refractivity contribution in [3.8, 4) is 0 Å². The lowest BCUT2D eigenvalue weighted by atomic mass is 9.74. The van der Waals surface area contributed by atoms with Gasteiger partial charge in [-0.05, 0) is 56.1 Å². The third-order valence-corrected chi connectivity index (χ3v) is 4.90. The van der Waals surface area contributed by atoms with E-state index in [1.807, 2.05) is 19.1 Å². The quantitative estimate of drug-likeness (QED) is 0.502.